The third kappa shape index (κ3) is 3.96. The van der Waals surface area contributed by atoms with Crippen molar-refractivity contribution in [3.05, 3.63) is 83.6 Å². The van der Waals surface area contributed by atoms with E-state index < -0.39 is 5.97 Å². The van der Waals surface area contributed by atoms with Gasteiger partial charge in [-0.05, 0) is 54.8 Å². The first kappa shape index (κ1) is 18.7. The molecule has 6 heteroatoms. The number of carbonyl (C=O) groups excluding carboxylic acids is 2. The van der Waals surface area contributed by atoms with Gasteiger partial charge in [0, 0.05) is 24.1 Å². The fraction of sp³-hybridized carbons (Fsp3) is 0.174. The number of aryl methyl sites for hydroxylation is 1. The van der Waals surface area contributed by atoms with E-state index in [-0.39, 0.29) is 5.91 Å². The average molecular weight is 387 g/mol. The number of pyridine rings is 1. The second-order valence-electron chi connectivity index (χ2n) is 6.82. The minimum Gasteiger partial charge on any atom is -0.465 e. The van der Waals surface area contributed by atoms with Crippen molar-refractivity contribution in [1.82, 2.24) is 4.98 Å². The maximum absolute atomic E-state index is 12.6. The van der Waals surface area contributed by atoms with Crippen molar-refractivity contribution < 1.29 is 14.3 Å². The van der Waals surface area contributed by atoms with Gasteiger partial charge in [0.2, 0.25) is 0 Å². The van der Waals surface area contributed by atoms with E-state index in [1.54, 1.807) is 36.5 Å². The summed E-state index contributed by atoms with van der Waals surface area (Å²) in [5.41, 5.74) is 3.83. The van der Waals surface area contributed by atoms with Crippen molar-refractivity contribution in [3.8, 4) is 0 Å². The SMILES string of the molecule is COC(=O)c1cccc(NC(=O)c2ccc(N3CCCc4ccccc43)nc2)c1. The molecule has 6 nitrogen and oxygen atoms in total. The highest BCUT2D eigenvalue weighted by Crippen LogP contribution is 2.32. The molecule has 0 radical (unpaired) electrons. The Hall–Kier alpha value is -3.67. The van der Waals surface area contributed by atoms with Crippen LogP contribution in [0.2, 0.25) is 0 Å². The standard InChI is InChI=1S/C23H21N3O3/c1-29-23(28)17-7-4-9-19(14-17)25-22(27)18-11-12-21(24-15-18)26-13-5-8-16-6-2-3-10-20(16)26/h2-4,6-7,9-12,14-15H,5,8,13H2,1H3,(H,25,27). The molecule has 2 aromatic carbocycles. The van der Waals surface area contributed by atoms with Crippen molar-refractivity contribution >= 4 is 29.1 Å². The highest BCUT2D eigenvalue weighted by Gasteiger charge is 2.19. The Morgan fingerprint density at radius 1 is 1.03 bits per heavy atom. The number of methoxy groups -OCH3 is 1. The molecular weight excluding hydrogens is 366 g/mol. The molecule has 0 spiro atoms. The zero-order chi connectivity index (χ0) is 20.2. The molecule has 146 valence electrons. The lowest BCUT2D eigenvalue weighted by Crippen LogP contribution is -2.25. The van der Waals surface area contributed by atoms with Gasteiger partial charge >= 0.3 is 5.97 Å². The normalized spacial score (nSPS) is 12.8. The van der Waals surface area contributed by atoms with E-state index in [0.717, 1.165) is 25.2 Å². The van der Waals surface area contributed by atoms with Gasteiger partial charge in [-0.25, -0.2) is 9.78 Å². The maximum Gasteiger partial charge on any atom is 0.337 e. The number of ether oxygens (including phenoxy) is 1. The molecule has 1 aliphatic rings. The van der Waals surface area contributed by atoms with Crippen molar-refractivity contribution in [2.75, 3.05) is 23.9 Å². The van der Waals surface area contributed by atoms with Crippen LogP contribution >= 0.6 is 0 Å². The zero-order valence-electron chi connectivity index (χ0n) is 16.1. The molecule has 1 aromatic heterocycles. The number of amides is 1. The van der Waals surface area contributed by atoms with Crippen LogP contribution in [0.1, 0.15) is 32.7 Å². The van der Waals surface area contributed by atoms with Gasteiger partial charge in [0.25, 0.3) is 5.91 Å². The van der Waals surface area contributed by atoms with Gasteiger partial charge in [-0.15, -0.1) is 0 Å². The van der Waals surface area contributed by atoms with E-state index in [1.807, 2.05) is 12.1 Å². The smallest absolute Gasteiger partial charge is 0.337 e. The van der Waals surface area contributed by atoms with Crippen LogP contribution in [0, 0.1) is 0 Å². The molecule has 3 aromatic rings. The summed E-state index contributed by atoms with van der Waals surface area (Å²) in [6.07, 6.45) is 3.71. The van der Waals surface area contributed by atoms with Crippen LogP contribution < -0.4 is 10.2 Å². The van der Waals surface area contributed by atoms with Gasteiger partial charge < -0.3 is 15.0 Å². The Morgan fingerprint density at radius 2 is 1.90 bits per heavy atom. The number of hydrogen-bond donors (Lipinski definition) is 1. The number of nitrogens with one attached hydrogen (secondary N) is 1. The lowest BCUT2D eigenvalue weighted by Gasteiger charge is -2.30. The number of aromatic nitrogens is 1. The first-order valence-corrected chi connectivity index (χ1v) is 9.47. The Labute approximate surface area is 169 Å². The Morgan fingerprint density at radius 3 is 2.69 bits per heavy atom. The van der Waals surface area contributed by atoms with Crippen molar-refractivity contribution in [3.63, 3.8) is 0 Å². The predicted octanol–water partition coefficient (Wildman–Crippen LogP) is 4.20. The summed E-state index contributed by atoms with van der Waals surface area (Å²) in [4.78, 5) is 30.9. The molecule has 0 fully saturated rings. The predicted molar refractivity (Wildman–Crippen MR) is 112 cm³/mol. The fourth-order valence-corrected chi connectivity index (χ4v) is 3.50. The highest BCUT2D eigenvalue weighted by atomic mass is 16.5. The number of nitrogens with zero attached hydrogens (tertiary/aromatic N) is 2. The van der Waals surface area contributed by atoms with Gasteiger partial charge in [0.05, 0.1) is 18.2 Å². The molecule has 1 N–H and O–H groups in total. The number of fused-ring (bicyclic) bond motifs is 1. The lowest BCUT2D eigenvalue weighted by atomic mass is 10.0. The van der Waals surface area contributed by atoms with Crippen molar-refractivity contribution in [2.45, 2.75) is 12.8 Å². The topological polar surface area (TPSA) is 71.5 Å². The third-order valence-electron chi connectivity index (χ3n) is 4.94. The Bertz CT molecular complexity index is 1050. The van der Waals surface area contributed by atoms with Crippen LogP contribution in [0.5, 0.6) is 0 Å². The maximum atomic E-state index is 12.6. The minimum absolute atomic E-state index is 0.287. The van der Waals surface area contributed by atoms with Crippen molar-refractivity contribution in [2.24, 2.45) is 0 Å². The summed E-state index contributed by atoms with van der Waals surface area (Å²) >= 11 is 0. The van der Waals surface area contributed by atoms with Crippen LogP contribution in [0.25, 0.3) is 0 Å². The summed E-state index contributed by atoms with van der Waals surface area (Å²) in [5.74, 6) is 0.0837. The molecule has 0 atom stereocenters. The van der Waals surface area contributed by atoms with Crippen LogP contribution in [0.4, 0.5) is 17.2 Å². The van der Waals surface area contributed by atoms with E-state index in [9.17, 15) is 9.59 Å². The van der Waals surface area contributed by atoms with Crippen molar-refractivity contribution in [1.29, 1.82) is 0 Å². The monoisotopic (exact) mass is 387 g/mol. The molecule has 0 bridgehead atoms. The van der Waals surface area contributed by atoms with E-state index in [4.69, 9.17) is 4.74 Å². The number of carbonyl (C=O) groups is 2. The molecule has 29 heavy (non-hydrogen) atoms. The summed E-state index contributed by atoms with van der Waals surface area (Å²) in [7, 11) is 1.32. The second kappa shape index (κ2) is 8.14. The third-order valence-corrected chi connectivity index (χ3v) is 4.94. The molecule has 0 unspecified atom stereocenters. The highest BCUT2D eigenvalue weighted by molar-refractivity contribution is 6.04. The number of hydrogen-bond acceptors (Lipinski definition) is 5. The van der Waals surface area contributed by atoms with E-state index in [0.29, 0.717) is 16.8 Å². The zero-order valence-corrected chi connectivity index (χ0v) is 16.1. The van der Waals surface area contributed by atoms with Gasteiger partial charge in [-0.3, -0.25) is 4.79 Å². The van der Waals surface area contributed by atoms with E-state index in [1.165, 1.54) is 18.4 Å². The van der Waals surface area contributed by atoms with Crippen LogP contribution in [-0.2, 0) is 11.2 Å². The Kier molecular flexibility index (Phi) is 5.24. The average Bonchev–Trinajstić information content (AvgIpc) is 2.78. The molecule has 0 saturated heterocycles. The summed E-state index contributed by atoms with van der Waals surface area (Å²) < 4.78 is 4.71. The van der Waals surface area contributed by atoms with Crippen LogP contribution in [0.15, 0.2) is 66.9 Å². The van der Waals surface area contributed by atoms with E-state index >= 15 is 0 Å². The minimum atomic E-state index is -0.450. The lowest BCUT2D eigenvalue weighted by molar-refractivity contribution is 0.0600. The Balaban J connectivity index is 1.50. The van der Waals surface area contributed by atoms with Crippen LogP contribution in [0.3, 0.4) is 0 Å². The fourth-order valence-electron chi connectivity index (χ4n) is 3.50. The molecule has 0 aliphatic carbocycles. The largest absolute Gasteiger partial charge is 0.465 e. The van der Waals surface area contributed by atoms with Crippen LogP contribution in [-0.4, -0.2) is 30.5 Å². The number of rotatable bonds is 4. The molecule has 4 rings (SSSR count). The number of para-hydroxylation sites is 1. The second-order valence-corrected chi connectivity index (χ2v) is 6.82. The number of esters is 1. The molecular formula is C23H21N3O3. The number of anilines is 3. The molecule has 2 heterocycles. The first-order valence-electron chi connectivity index (χ1n) is 9.47. The quantitative estimate of drug-likeness (QED) is 0.679. The van der Waals surface area contributed by atoms with E-state index in [2.05, 4.69) is 33.4 Å². The molecule has 1 amide bonds. The first-order chi connectivity index (χ1) is 14.2. The van der Waals surface area contributed by atoms with Gasteiger partial charge in [0.15, 0.2) is 0 Å². The molecule has 0 saturated carbocycles. The van der Waals surface area contributed by atoms with Gasteiger partial charge in [-0.1, -0.05) is 24.3 Å². The summed E-state index contributed by atoms with van der Waals surface area (Å²) in [6.45, 7) is 0.899. The summed E-state index contributed by atoms with van der Waals surface area (Å²) in [5, 5.41) is 2.79. The van der Waals surface area contributed by atoms with Gasteiger partial charge in [-0.2, -0.15) is 0 Å². The number of benzene rings is 2. The molecule has 1 aliphatic heterocycles. The van der Waals surface area contributed by atoms with Gasteiger partial charge in [0.1, 0.15) is 5.82 Å². The summed E-state index contributed by atoms with van der Waals surface area (Å²) in [6, 6.07) is 18.6.